The van der Waals surface area contributed by atoms with Crippen molar-refractivity contribution >= 4 is 28.5 Å². The second-order valence-electron chi connectivity index (χ2n) is 5.01. The third-order valence-electron chi connectivity index (χ3n) is 3.42. The number of methoxy groups -OCH3 is 1. The fourth-order valence-corrected chi connectivity index (χ4v) is 2.38. The number of rotatable bonds is 5. The van der Waals surface area contributed by atoms with Crippen molar-refractivity contribution < 1.29 is 9.53 Å². The highest BCUT2D eigenvalue weighted by molar-refractivity contribution is 6.30. The lowest BCUT2D eigenvalue weighted by Gasteiger charge is -2.19. The maximum absolute atomic E-state index is 11.4. The molecule has 0 saturated carbocycles. The summed E-state index contributed by atoms with van der Waals surface area (Å²) in [6.07, 6.45) is 0. The maximum Gasteiger partial charge on any atom is 0.319 e. The van der Waals surface area contributed by atoms with Gasteiger partial charge < -0.3 is 4.74 Å². The molecule has 1 heterocycles. The van der Waals surface area contributed by atoms with Crippen molar-refractivity contribution in [1.82, 2.24) is 9.88 Å². The highest BCUT2D eigenvalue weighted by Crippen LogP contribution is 2.22. The number of esters is 1. The molecular formula is C16H19ClN2O2. The third kappa shape index (κ3) is 3.93. The van der Waals surface area contributed by atoms with Gasteiger partial charge in [0, 0.05) is 17.5 Å². The van der Waals surface area contributed by atoms with Gasteiger partial charge in [-0.05, 0) is 31.2 Å². The largest absolute Gasteiger partial charge is 0.468 e. The van der Waals surface area contributed by atoms with E-state index in [-0.39, 0.29) is 12.5 Å². The number of pyridine rings is 1. The van der Waals surface area contributed by atoms with Crippen LogP contribution in [0.3, 0.4) is 0 Å². The van der Waals surface area contributed by atoms with Crippen molar-refractivity contribution in [3.05, 3.63) is 40.5 Å². The fourth-order valence-electron chi connectivity index (χ4n) is 2.18. The van der Waals surface area contributed by atoms with Crippen molar-refractivity contribution in [2.45, 2.75) is 20.4 Å². The van der Waals surface area contributed by atoms with Crippen molar-refractivity contribution in [2.24, 2.45) is 0 Å². The third-order valence-corrected chi connectivity index (χ3v) is 3.75. The number of hydrogen-bond donors (Lipinski definition) is 0. The number of halogens is 1. The molecule has 112 valence electrons. The molecule has 0 amide bonds. The molecule has 1 aromatic heterocycles. The van der Waals surface area contributed by atoms with Crippen LogP contribution in [-0.2, 0) is 16.1 Å². The molecule has 2 rings (SSSR count). The van der Waals surface area contributed by atoms with Crippen molar-refractivity contribution in [2.75, 3.05) is 20.2 Å². The molecule has 0 spiro atoms. The highest BCUT2D eigenvalue weighted by atomic mass is 35.5. The van der Waals surface area contributed by atoms with Gasteiger partial charge in [0.1, 0.15) is 5.15 Å². The van der Waals surface area contributed by atoms with E-state index in [1.807, 2.05) is 43.0 Å². The first kappa shape index (κ1) is 15.7. The van der Waals surface area contributed by atoms with Crippen molar-refractivity contribution in [3.63, 3.8) is 0 Å². The van der Waals surface area contributed by atoms with E-state index in [1.165, 1.54) is 7.11 Å². The summed E-state index contributed by atoms with van der Waals surface area (Å²) >= 11 is 6.27. The van der Waals surface area contributed by atoms with Crippen LogP contribution in [0.15, 0.2) is 24.3 Å². The predicted molar refractivity (Wildman–Crippen MR) is 84.5 cm³/mol. The van der Waals surface area contributed by atoms with Gasteiger partial charge >= 0.3 is 5.97 Å². The van der Waals surface area contributed by atoms with Crippen LogP contribution in [0.25, 0.3) is 10.9 Å². The van der Waals surface area contributed by atoms with Gasteiger partial charge in [-0.3, -0.25) is 9.69 Å². The van der Waals surface area contributed by atoms with Gasteiger partial charge in [-0.1, -0.05) is 30.7 Å². The minimum atomic E-state index is -0.252. The molecular weight excluding hydrogens is 288 g/mol. The number of aromatic nitrogens is 1. The average molecular weight is 307 g/mol. The Morgan fingerprint density at radius 3 is 2.81 bits per heavy atom. The monoisotopic (exact) mass is 306 g/mol. The molecule has 0 aliphatic rings. The first-order chi connectivity index (χ1) is 10.0. The van der Waals surface area contributed by atoms with E-state index in [0.29, 0.717) is 11.7 Å². The number of aryl methyl sites for hydroxylation is 1. The number of hydrogen-bond acceptors (Lipinski definition) is 4. The number of ether oxygens (including phenoxy) is 1. The molecule has 1 aromatic carbocycles. The zero-order valence-corrected chi connectivity index (χ0v) is 13.3. The summed E-state index contributed by atoms with van der Waals surface area (Å²) in [5.41, 5.74) is 2.96. The second kappa shape index (κ2) is 6.87. The topological polar surface area (TPSA) is 42.4 Å². The molecule has 5 heteroatoms. The van der Waals surface area contributed by atoms with Gasteiger partial charge in [0.15, 0.2) is 0 Å². The Bertz CT molecular complexity index is 658. The number of carbonyl (C=O) groups is 1. The lowest BCUT2D eigenvalue weighted by atomic mass is 10.1. The maximum atomic E-state index is 11.4. The molecule has 4 nitrogen and oxygen atoms in total. The van der Waals surface area contributed by atoms with Crippen LogP contribution in [0.1, 0.15) is 18.1 Å². The predicted octanol–water partition coefficient (Wildman–Crippen LogP) is 3.19. The highest BCUT2D eigenvalue weighted by Gasteiger charge is 2.13. The van der Waals surface area contributed by atoms with Crippen LogP contribution >= 0.6 is 11.6 Å². The molecule has 2 aromatic rings. The molecule has 0 aliphatic heterocycles. The van der Waals surface area contributed by atoms with Gasteiger partial charge in [-0.2, -0.15) is 0 Å². The molecule has 0 aliphatic carbocycles. The first-order valence-electron chi connectivity index (χ1n) is 6.88. The van der Waals surface area contributed by atoms with E-state index in [2.05, 4.69) is 4.98 Å². The van der Waals surface area contributed by atoms with Crippen LogP contribution in [0.4, 0.5) is 0 Å². The van der Waals surface area contributed by atoms with Crippen LogP contribution < -0.4 is 0 Å². The van der Waals surface area contributed by atoms with E-state index >= 15 is 0 Å². The molecule has 0 atom stereocenters. The van der Waals surface area contributed by atoms with E-state index in [9.17, 15) is 4.79 Å². The van der Waals surface area contributed by atoms with E-state index in [4.69, 9.17) is 16.3 Å². The second-order valence-corrected chi connectivity index (χ2v) is 5.37. The smallest absolute Gasteiger partial charge is 0.319 e. The molecule has 0 unspecified atom stereocenters. The summed E-state index contributed by atoms with van der Waals surface area (Å²) in [4.78, 5) is 17.8. The fraction of sp³-hybridized carbons (Fsp3) is 0.375. The standard InChI is InChI=1S/C16H19ClN2O2/c1-4-19(10-15(20)21-3)9-13-8-12-6-5-11(2)7-14(12)18-16(13)17/h5-8H,4,9-10H2,1-3H3. The number of carbonyl (C=O) groups excluding carboxylic acids is 1. The number of likely N-dealkylation sites (N-methyl/N-ethyl adjacent to an activating group) is 1. The van der Waals surface area contributed by atoms with Crippen LogP contribution in [0.2, 0.25) is 5.15 Å². The normalized spacial score (nSPS) is 11.1. The number of nitrogens with zero attached hydrogens (tertiary/aromatic N) is 2. The van der Waals surface area contributed by atoms with Gasteiger partial charge in [0.05, 0.1) is 19.2 Å². The Morgan fingerprint density at radius 1 is 1.38 bits per heavy atom. The summed E-state index contributed by atoms with van der Waals surface area (Å²) in [6, 6.07) is 8.13. The van der Waals surface area contributed by atoms with Crippen molar-refractivity contribution in [1.29, 1.82) is 0 Å². The first-order valence-corrected chi connectivity index (χ1v) is 7.26. The Labute approximate surface area is 129 Å². The Hall–Kier alpha value is -1.65. The molecule has 21 heavy (non-hydrogen) atoms. The minimum Gasteiger partial charge on any atom is -0.468 e. The van der Waals surface area contributed by atoms with E-state index in [0.717, 1.165) is 28.6 Å². The Morgan fingerprint density at radius 2 is 2.14 bits per heavy atom. The van der Waals surface area contributed by atoms with Gasteiger partial charge in [0.2, 0.25) is 0 Å². The average Bonchev–Trinajstić information content (AvgIpc) is 2.47. The molecule has 0 saturated heterocycles. The van der Waals surface area contributed by atoms with Crippen LogP contribution in [-0.4, -0.2) is 36.1 Å². The van der Waals surface area contributed by atoms with Crippen LogP contribution in [0, 0.1) is 6.92 Å². The quantitative estimate of drug-likeness (QED) is 0.628. The minimum absolute atomic E-state index is 0.245. The lowest BCUT2D eigenvalue weighted by molar-refractivity contribution is -0.142. The molecule has 0 bridgehead atoms. The zero-order chi connectivity index (χ0) is 15.4. The SMILES string of the molecule is CCN(CC(=O)OC)Cc1cc2ccc(C)cc2nc1Cl. The van der Waals surface area contributed by atoms with E-state index in [1.54, 1.807) is 0 Å². The van der Waals surface area contributed by atoms with Crippen molar-refractivity contribution in [3.8, 4) is 0 Å². The summed E-state index contributed by atoms with van der Waals surface area (Å²) in [6.45, 7) is 5.57. The summed E-state index contributed by atoms with van der Waals surface area (Å²) in [5.74, 6) is -0.252. The van der Waals surface area contributed by atoms with Crippen LogP contribution in [0.5, 0.6) is 0 Å². The lowest BCUT2D eigenvalue weighted by Crippen LogP contribution is -2.30. The van der Waals surface area contributed by atoms with E-state index < -0.39 is 0 Å². The molecule has 0 N–H and O–H groups in total. The number of benzene rings is 1. The summed E-state index contributed by atoms with van der Waals surface area (Å²) in [7, 11) is 1.39. The number of fused-ring (bicyclic) bond motifs is 1. The summed E-state index contributed by atoms with van der Waals surface area (Å²) in [5, 5.41) is 1.53. The zero-order valence-electron chi connectivity index (χ0n) is 12.5. The Kier molecular flexibility index (Phi) is 5.15. The Balaban J connectivity index is 2.26. The summed E-state index contributed by atoms with van der Waals surface area (Å²) < 4.78 is 4.70. The van der Waals surface area contributed by atoms with Gasteiger partial charge in [0.25, 0.3) is 0 Å². The van der Waals surface area contributed by atoms with Gasteiger partial charge in [-0.25, -0.2) is 4.98 Å². The van der Waals surface area contributed by atoms with Gasteiger partial charge in [-0.15, -0.1) is 0 Å². The molecule has 0 radical (unpaired) electrons. The molecule has 0 fully saturated rings.